The van der Waals surface area contributed by atoms with E-state index < -0.39 is 5.97 Å². The van der Waals surface area contributed by atoms with Gasteiger partial charge in [0, 0.05) is 17.1 Å². The van der Waals surface area contributed by atoms with Gasteiger partial charge in [0.25, 0.3) is 5.91 Å². The predicted octanol–water partition coefficient (Wildman–Crippen LogP) is 7.40. The van der Waals surface area contributed by atoms with Gasteiger partial charge in [-0.3, -0.25) is 9.69 Å². The molecule has 0 spiro atoms. The third-order valence-corrected chi connectivity index (χ3v) is 7.47. The highest BCUT2D eigenvalue weighted by molar-refractivity contribution is 9.10. The van der Waals surface area contributed by atoms with E-state index in [9.17, 15) is 9.59 Å². The average molecular weight is 616 g/mol. The number of carbonyl (C=O) groups is 2. The van der Waals surface area contributed by atoms with E-state index in [1.807, 2.05) is 50.2 Å². The highest BCUT2D eigenvalue weighted by Crippen LogP contribution is 2.40. The van der Waals surface area contributed by atoms with Gasteiger partial charge in [0.1, 0.15) is 6.61 Å². The zero-order chi connectivity index (χ0) is 27.2. The van der Waals surface area contributed by atoms with Gasteiger partial charge >= 0.3 is 5.97 Å². The molecule has 0 aliphatic carbocycles. The second-order valence-corrected chi connectivity index (χ2v) is 10.3. The first-order valence-electron chi connectivity index (χ1n) is 11.8. The van der Waals surface area contributed by atoms with Gasteiger partial charge in [-0.25, -0.2) is 9.79 Å². The standard InChI is InChI=1S/C28H24BrClN2O5S/c1-3-32-26(33)24(38-28(32)31-20-11-9-18(10-12-20)27(34)35)15-17-13-21(29)25(23(14-17)36-4-2)37-16-19-7-5-6-8-22(19)30/h5-15H,3-4,16H2,1-2H3,(H,34,35)/b24-15+,31-28?. The van der Waals surface area contributed by atoms with Crippen LogP contribution >= 0.6 is 39.3 Å². The Balaban J connectivity index is 1.60. The molecule has 1 heterocycles. The van der Waals surface area contributed by atoms with Crippen molar-refractivity contribution in [2.24, 2.45) is 4.99 Å². The molecule has 1 aliphatic heterocycles. The molecule has 10 heteroatoms. The Bertz CT molecular complexity index is 1430. The second-order valence-electron chi connectivity index (χ2n) is 8.05. The summed E-state index contributed by atoms with van der Waals surface area (Å²) in [6.07, 6.45) is 1.79. The van der Waals surface area contributed by atoms with Crippen molar-refractivity contribution in [2.75, 3.05) is 13.2 Å². The van der Waals surface area contributed by atoms with Crippen molar-refractivity contribution < 1.29 is 24.2 Å². The summed E-state index contributed by atoms with van der Waals surface area (Å²) in [7, 11) is 0. The van der Waals surface area contributed by atoms with Gasteiger partial charge in [-0.05, 0) is 95.6 Å². The minimum Gasteiger partial charge on any atom is -0.490 e. The number of carboxylic acids is 1. The summed E-state index contributed by atoms with van der Waals surface area (Å²) in [6.45, 7) is 4.91. The van der Waals surface area contributed by atoms with Crippen molar-refractivity contribution >= 4 is 68.1 Å². The number of aliphatic imine (C=N–C) groups is 1. The van der Waals surface area contributed by atoms with E-state index in [1.165, 1.54) is 23.9 Å². The molecule has 0 atom stereocenters. The number of carbonyl (C=O) groups excluding carboxylic acids is 1. The zero-order valence-electron chi connectivity index (χ0n) is 20.6. The Kier molecular flexibility index (Phi) is 9.14. The molecule has 3 aromatic rings. The number of hydrogen-bond donors (Lipinski definition) is 1. The molecule has 1 aliphatic rings. The number of carboxylic acid groups (broad SMARTS) is 1. The van der Waals surface area contributed by atoms with Crippen LogP contribution in [0.1, 0.15) is 35.3 Å². The maximum atomic E-state index is 13.1. The fraction of sp³-hybridized carbons (Fsp3) is 0.179. The minimum absolute atomic E-state index is 0.161. The number of amides is 1. The molecular weight excluding hydrogens is 592 g/mol. The van der Waals surface area contributed by atoms with Crippen molar-refractivity contribution in [3.8, 4) is 11.5 Å². The van der Waals surface area contributed by atoms with E-state index in [4.69, 9.17) is 26.2 Å². The summed E-state index contributed by atoms with van der Waals surface area (Å²) in [5, 5.41) is 10.3. The summed E-state index contributed by atoms with van der Waals surface area (Å²) in [5.41, 5.74) is 2.34. The molecule has 4 rings (SSSR count). The molecular formula is C28H24BrClN2O5S. The first kappa shape index (κ1) is 27.8. The Hall–Kier alpha value is -3.27. The molecule has 196 valence electrons. The first-order chi connectivity index (χ1) is 18.3. The van der Waals surface area contributed by atoms with E-state index in [2.05, 4.69) is 20.9 Å². The fourth-order valence-electron chi connectivity index (χ4n) is 3.65. The van der Waals surface area contributed by atoms with Crippen molar-refractivity contribution in [3.63, 3.8) is 0 Å². The van der Waals surface area contributed by atoms with Gasteiger partial charge < -0.3 is 14.6 Å². The first-order valence-corrected chi connectivity index (χ1v) is 13.8. The summed E-state index contributed by atoms with van der Waals surface area (Å²) >= 11 is 11.1. The zero-order valence-corrected chi connectivity index (χ0v) is 23.8. The van der Waals surface area contributed by atoms with Crippen LogP contribution in [0, 0.1) is 0 Å². The largest absolute Gasteiger partial charge is 0.490 e. The summed E-state index contributed by atoms with van der Waals surface area (Å²) in [6, 6.07) is 17.4. The van der Waals surface area contributed by atoms with Crippen LogP contribution in [0.2, 0.25) is 5.02 Å². The third kappa shape index (κ3) is 6.40. The SMILES string of the molecule is CCOc1cc(/C=C2/SC(=Nc3ccc(C(=O)O)cc3)N(CC)C2=O)cc(Br)c1OCc1ccccc1Cl. The Labute approximate surface area is 238 Å². The number of benzene rings is 3. The number of nitrogens with zero attached hydrogens (tertiary/aromatic N) is 2. The third-order valence-electron chi connectivity index (χ3n) is 5.50. The molecule has 1 fully saturated rings. The lowest BCUT2D eigenvalue weighted by atomic mass is 10.1. The molecule has 3 aromatic carbocycles. The van der Waals surface area contributed by atoms with Crippen molar-refractivity contribution in [1.82, 2.24) is 4.90 Å². The van der Waals surface area contributed by atoms with Crippen molar-refractivity contribution in [1.29, 1.82) is 0 Å². The molecule has 0 aromatic heterocycles. The van der Waals surface area contributed by atoms with Crippen LogP contribution in [0.5, 0.6) is 11.5 Å². The maximum absolute atomic E-state index is 13.1. The number of thioether (sulfide) groups is 1. The number of likely N-dealkylation sites (N-methyl/N-ethyl adjacent to an activating group) is 1. The average Bonchev–Trinajstić information content (AvgIpc) is 3.18. The number of rotatable bonds is 9. The normalized spacial score (nSPS) is 15.4. The number of halogens is 2. The van der Waals surface area contributed by atoms with E-state index in [1.54, 1.807) is 23.1 Å². The van der Waals surface area contributed by atoms with Crippen LogP contribution < -0.4 is 9.47 Å². The molecule has 1 amide bonds. The lowest BCUT2D eigenvalue weighted by molar-refractivity contribution is -0.122. The summed E-state index contributed by atoms with van der Waals surface area (Å²) in [5.74, 6) is -0.0861. The van der Waals surface area contributed by atoms with Crippen LogP contribution in [0.15, 0.2) is 75.0 Å². The Morgan fingerprint density at radius 3 is 2.53 bits per heavy atom. The van der Waals surface area contributed by atoms with Crippen LogP contribution in [-0.4, -0.2) is 40.2 Å². The van der Waals surface area contributed by atoms with Gasteiger partial charge in [-0.2, -0.15) is 0 Å². The highest BCUT2D eigenvalue weighted by atomic mass is 79.9. The fourth-order valence-corrected chi connectivity index (χ4v) is 5.48. The number of amidine groups is 1. The van der Waals surface area contributed by atoms with Crippen molar-refractivity contribution in [3.05, 3.63) is 91.8 Å². The van der Waals surface area contributed by atoms with E-state index >= 15 is 0 Å². The molecule has 0 bridgehead atoms. The number of aromatic carboxylic acids is 1. The van der Waals surface area contributed by atoms with Gasteiger partial charge in [-0.1, -0.05) is 29.8 Å². The van der Waals surface area contributed by atoms with E-state index in [-0.39, 0.29) is 18.1 Å². The molecule has 38 heavy (non-hydrogen) atoms. The van der Waals surface area contributed by atoms with E-state index in [0.29, 0.717) is 49.9 Å². The van der Waals surface area contributed by atoms with Gasteiger partial charge in [-0.15, -0.1) is 0 Å². The second kappa shape index (κ2) is 12.5. The van der Waals surface area contributed by atoms with Crippen LogP contribution in [0.25, 0.3) is 6.08 Å². The van der Waals surface area contributed by atoms with E-state index in [0.717, 1.165) is 11.1 Å². The van der Waals surface area contributed by atoms with Gasteiger partial charge in [0.05, 0.1) is 27.2 Å². The van der Waals surface area contributed by atoms with Crippen molar-refractivity contribution in [2.45, 2.75) is 20.5 Å². The number of hydrogen-bond acceptors (Lipinski definition) is 6. The monoisotopic (exact) mass is 614 g/mol. The summed E-state index contributed by atoms with van der Waals surface area (Å²) < 4.78 is 12.6. The van der Waals surface area contributed by atoms with Crippen LogP contribution in [0.3, 0.4) is 0 Å². The van der Waals surface area contributed by atoms with Gasteiger partial charge in [0.2, 0.25) is 0 Å². The summed E-state index contributed by atoms with van der Waals surface area (Å²) in [4.78, 5) is 30.9. The smallest absolute Gasteiger partial charge is 0.335 e. The Morgan fingerprint density at radius 1 is 1.13 bits per heavy atom. The molecule has 7 nitrogen and oxygen atoms in total. The molecule has 0 radical (unpaired) electrons. The van der Waals surface area contributed by atoms with Crippen LogP contribution in [0.4, 0.5) is 5.69 Å². The minimum atomic E-state index is -1.01. The maximum Gasteiger partial charge on any atom is 0.335 e. The van der Waals surface area contributed by atoms with Crippen LogP contribution in [-0.2, 0) is 11.4 Å². The molecule has 1 N–H and O–H groups in total. The quantitative estimate of drug-likeness (QED) is 0.252. The molecule has 0 unspecified atom stereocenters. The highest BCUT2D eigenvalue weighted by Gasteiger charge is 2.32. The lowest BCUT2D eigenvalue weighted by Crippen LogP contribution is -2.28. The molecule has 0 saturated carbocycles. The Morgan fingerprint density at radius 2 is 1.87 bits per heavy atom. The van der Waals surface area contributed by atoms with Gasteiger partial charge in [0.15, 0.2) is 16.7 Å². The predicted molar refractivity (Wildman–Crippen MR) is 155 cm³/mol. The lowest BCUT2D eigenvalue weighted by Gasteiger charge is -2.15. The molecule has 1 saturated heterocycles. The number of ether oxygens (including phenoxy) is 2. The topological polar surface area (TPSA) is 88.4 Å².